The minimum absolute atomic E-state index is 0.0587. The maximum Gasteiger partial charge on any atom is 0.306 e. The molecule has 500 valence electrons. The average Bonchev–Trinajstić information content (AvgIpc) is 3.52. The van der Waals surface area contributed by atoms with Crippen molar-refractivity contribution in [3.8, 4) is 0 Å². The summed E-state index contributed by atoms with van der Waals surface area (Å²) in [6.45, 7) is 4.10. The fourth-order valence-corrected chi connectivity index (χ4v) is 12.1. The molecule has 0 saturated carbocycles. The first-order valence-corrected chi connectivity index (χ1v) is 38.7. The number of esters is 2. The first-order chi connectivity index (χ1) is 42.1. The van der Waals surface area contributed by atoms with Crippen LogP contribution in [0, 0.1) is 0 Å². The number of unbranched alkanes of at least 4 members (excludes halogenated alkanes) is 57. The summed E-state index contributed by atoms with van der Waals surface area (Å²) in [4.78, 5) is 24.7. The smallest absolute Gasteiger partial charge is 0.306 e. The van der Waals surface area contributed by atoms with E-state index in [-0.39, 0.29) is 25.2 Å². The van der Waals surface area contributed by atoms with E-state index in [1.165, 1.54) is 347 Å². The highest BCUT2D eigenvalue weighted by atomic mass is 16.6. The summed E-state index contributed by atoms with van der Waals surface area (Å²) in [5.41, 5.74) is 0. The predicted molar refractivity (Wildman–Crippen MR) is 376 cm³/mol. The van der Waals surface area contributed by atoms with E-state index in [9.17, 15) is 14.7 Å². The lowest BCUT2D eigenvalue weighted by molar-refractivity contribution is -0.161. The van der Waals surface area contributed by atoms with E-state index < -0.39 is 6.10 Å². The Bertz CT molecular complexity index is 1400. The van der Waals surface area contributed by atoms with Gasteiger partial charge in [-0.1, -0.05) is 416 Å². The largest absolute Gasteiger partial charge is 0.462 e. The second kappa shape index (κ2) is 76.1. The highest BCUT2D eigenvalue weighted by molar-refractivity contribution is 5.70. The van der Waals surface area contributed by atoms with E-state index in [1.807, 2.05) is 0 Å². The van der Waals surface area contributed by atoms with Crippen molar-refractivity contribution in [2.45, 2.75) is 437 Å². The Labute approximate surface area is 532 Å². The van der Waals surface area contributed by atoms with Crippen LogP contribution in [0.5, 0.6) is 0 Å². The number of allylic oxidation sites excluding steroid dienone is 8. The molecular weight excluding hydrogens is 1040 g/mol. The van der Waals surface area contributed by atoms with Crippen LogP contribution < -0.4 is 0 Å². The summed E-state index contributed by atoms with van der Waals surface area (Å²) >= 11 is 0. The van der Waals surface area contributed by atoms with Gasteiger partial charge in [-0.3, -0.25) is 9.59 Å². The van der Waals surface area contributed by atoms with Crippen LogP contribution in [0.25, 0.3) is 0 Å². The number of hydrogen-bond donors (Lipinski definition) is 1. The third kappa shape index (κ3) is 74.2. The lowest BCUT2D eigenvalue weighted by Gasteiger charge is -2.15. The molecule has 0 aliphatic carbocycles. The second-order valence-corrected chi connectivity index (χ2v) is 26.4. The van der Waals surface area contributed by atoms with Crippen LogP contribution in [0.2, 0.25) is 0 Å². The van der Waals surface area contributed by atoms with Crippen molar-refractivity contribution >= 4 is 11.9 Å². The van der Waals surface area contributed by atoms with Gasteiger partial charge in [0.2, 0.25) is 0 Å². The quantitative estimate of drug-likeness (QED) is 0.0373. The molecule has 1 N–H and O–H groups in total. The molecule has 5 heteroatoms. The average molecular weight is 1190 g/mol. The Morgan fingerprint density at radius 3 is 0.765 bits per heavy atom. The summed E-state index contributed by atoms with van der Waals surface area (Å²) in [6.07, 6.45) is 103. The molecule has 0 spiro atoms. The number of rotatable bonds is 73. The lowest BCUT2D eigenvalue weighted by atomic mass is 10.0. The molecule has 0 aromatic carbocycles. The fraction of sp³-hybridized carbons (Fsp3) is 0.875. The summed E-state index contributed by atoms with van der Waals surface area (Å²) in [5.74, 6) is -0.563. The van der Waals surface area contributed by atoms with Gasteiger partial charge in [-0.15, -0.1) is 0 Å². The van der Waals surface area contributed by atoms with Crippen LogP contribution in [0.4, 0.5) is 0 Å². The first kappa shape index (κ1) is 82.9. The molecule has 85 heavy (non-hydrogen) atoms. The predicted octanol–water partition coefficient (Wildman–Crippen LogP) is 27.1. The van der Waals surface area contributed by atoms with Crippen LogP contribution >= 0.6 is 0 Å². The molecule has 0 aromatic rings. The van der Waals surface area contributed by atoms with E-state index in [2.05, 4.69) is 62.5 Å². The number of ether oxygens (including phenoxy) is 2. The van der Waals surface area contributed by atoms with Crippen LogP contribution in [0.1, 0.15) is 431 Å². The van der Waals surface area contributed by atoms with Gasteiger partial charge < -0.3 is 14.6 Å². The molecule has 0 saturated heterocycles. The van der Waals surface area contributed by atoms with E-state index in [1.54, 1.807) is 0 Å². The number of aliphatic hydroxyl groups is 1. The van der Waals surface area contributed by atoms with Gasteiger partial charge in [0, 0.05) is 12.8 Å². The zero-order valence-electron chi connectivity index (χ0n) is 57.7. The number of hydrogen-bond acceptors (Lipinski definition) is 5. The third-order valence-electron chi connectivity index (χ3n) is 17.9. The van der Waals surface area contributed by atoms with Crippen molar-refractivity contribution < 1.29 is 24.2 Å². The van der Waals surface area contributed by atoms with Gasteiger partial charge in [0.05, 0.1) is 6.61 Å². The number of carbonyl (C=O) groups is 2. The van der Waals surface area contributed by atoms with Crippen molar-refractivity contribution in [3.05, 3.63) is 48.6 Å². The Hall–Kier alpha value is -2.14. The Morgan fingerprint density at radius 1 is 0.282 bits per heavy atom. The van der Waals surface area contributed by atoms with E-state index >= 15 is 0 Å². The molecule has 0 fully saturated rings. The monoisotopic (exact) mass is 1190 g/mol. The van der Waals surface area contributed by atoms with Crippen LogP contribution in [-0.2, 0) is 19.1 Å². The molecule has 0 aromatic heterocycles. The summed E-state index contributed by atoms with van der Waals surface area (Å²) in [5, 5.41) is 9.72. The van der Waals surface area contributed by atoms with Crippen LogP contribution in [0.3, 0.4) is 0 Å². The maximum absolute atomic E-state index is 12.4. The molecule has 0 aliphatic heterocycles. The van der Waals surface area contributed by atoms with Crippen molar-refractivity contribution in [3.63, 3.8) is 0 Å². The van der Waals surface area contributed by atoms with Crippen molar-refractivity contribution in [1.82, 2.24) is 0 Å². The SMILES string of the molecule is CC/C=C\C/C=C\C/C=C\C/C=C\CCCCCCCCCCCCCCCCCCCCCCCCC(=O)OC(CO)COC(=O)CCCCCCCCCCCCCCCCCCCCCCCCCCCCCCCCCCCCCC. The maximum atomic E-state index is 12.4. The Morgan fingerprint density at radius 2 is 0.506 bits per heavy atom. The normalized spacial score (nSPS) is 12.4. The standard InChI is InChI=1S/C80H150O5/c1-3-5-7-9-11-13-15-17-19-21-23-25-27-29-31-33-35-37-39-41-42-44-46-48-50-52-54-56-58-60-62-64-66-68-70-72-74-79(82)84-77-78(76-81)85-80(83)75-73-71-69-67-65-63-61-59-57-55-53-51-49-47-45-43-40-38-36-34-32-30-28-26-24-22-20-18-16-14-12-10-8-6-4-2/h6,8,12,14,18,20,24,26,78,81H,3-5,7,9-11,13,15-17,19,21-23,25,27-77H2,1-2H3/b8-6-,14-12-,20-18-,26-24-. The minimum Gasteiger partial charge on any atom is -0.462 e. The van der Waals surface area contributed by atoms with E-state index in [4.69, 9.17) is 9.47 Å². The Kier molecular flexibility index (Phi) is 74.2. The van der Waals surface area contributed by atoms with Gasteiger partial charge >= 0.3 is 11.9 Å². The topological polar surface area (TPSA) is 72.8 Å². The van der Waals surface area contributed by atoms with Crippen molar-refractivity contribution in [2.75, 3.05) is 13.2 Å². The zero-order valence-corrected chi connectivity index (χ0v) is 57.7. The first-order valence-electron chi connectivity index (χ1n) is 38.7. The molecule has 0 aliphatic rings. The molecule has 1 atom stereocenters. The van der Waals surface area contributed by atoms with E-state index in [0.717, 1.165) is 57.8 Å². The second-order valence-electron chi connectivity index (χ2n) is 26.4. The van der Waals surface area contributed by atoms with Gasteiger partial charge in [0.25, 0.3) is 0 Å². The summed E-state index contributed by atoms with van der Waals surface area (Å²) in [6, 6.07) is 0. The molecular formula is C80H150O5. The summed E-state index contributed by atoms with van der Waals surface area (Å²) < 4.78 is 10.8. The molecule has 0 radical (unpaired) electrons. The zero-order chi connectivity index (χ0) is 61.2. The molecule has 5 nitrogen and oxygen atoms in total. The fourth-order valence-electron chi connectivity index (χ4n) is 12.1. The molecule has 0 heterocycles. The van der Waals surface area contributed by atoms with Crippen molar-refractivity contribution in [2.24, 2.45) is 0 Å². The molecule has 0 amide bonds. The van der Waals surface area contributed by atoms with Gasteiger partial charge in [-0.25, -0.2) is 0 Å². The van der Waals surface area contributed by atoms with Gasteiger partial charge in [-0.05, 0) is 51.4 Å². The number of aliphatic hydroxyl groups excluding tert-OH is 1. The Balaban J connectivity index is 3.36. The lowest BCUT2D eigenvalue weighted by Crippen LogP contribution is -2.28. The van der Waals surface area contributed by atoms with Crippen LogP contribution in [0.15, 0.2) is 48.6 Å². The third-order valence-corrected chi connectivity index (χ3v) is 17.9. The van der Waals surface area contributed by atoms with Gasteiger partial charge in [-0.2, -0.15) is 0 Å². The minimum atomic E-state index is -0.770. The number of carbonyl (C=O) groups excluding carboxylic acids is 2. The van der Waals surface area contributed by atoms with Gasteiger partial charge in [0.1, 0.15) is 6.61 Å². The molecule has 1 unspecified atom stereocenters. The van der Waals surface area contributed by atoms with Gasteiger partial charge in [0.15, 0.2) is 6.10 Å². The molecule has 0 bridgehead atoms. The molecule has 0 rings (SSSR count). The van der Waals surface area contributed by atoms with E-state index in [0.29, 0.717) is 12.8 Å². The van der Waals surface area contributed by atoms with Crippen LogP contribution in [-0.4, -0.2) is 36.4 Å². The van der Waals surface area contributed by atoms with Crippen molar-refractivity contribution in [1.29, 1.82) is 0 Å². The summed E-state index contributed by atoms with van der Waals surface area (Å²) in [7, 11) is 0. The highest BCUT2D eigenvalue weighted by Gasteiger charge is 2.16. The highest BCUT2D eigenvalue weighted by Crippen LogP contribution is 2.20.